The zero-order chi connectivity index (χ0) is 23.1. The van der Waals surface area contributed by atoms with E-state index in [9.17, 15) is 26.0 Å². The monoisotopic (exact) mass is 462 g/mol. The molecule has 4 rings (SSSR count). The Morgan fingerprint density at radius 1 is 0.906 bits per heavy atom. The third-order valence-corrected chi connectivity index (χ3v) is 5.71. The molecule has 0 bridgehead atoms. The molecule has 0 atom stereocenters. The van der Waals surface area contributed by atoms with Gasteiger partial charge in [-0.05, 0) is 29.8 Å². The smallest absolute Gasteiger partial charge is 0.290 e. The van der Waals surface area contributed by atoms with E-state index in [0.717, 1.165) is 6.26 Å². The minimum atomic E-state index is -4.85. The average Bonchev–Trinajstić information content (AvgIpc) is 3.27. The number of sulfone groups is 1. The molecule has 4 aromatic rings. The second-order valence-corrected chi connectivity index (χ2v) is 8.88. The summed E-state index contributed by atoms with van der Waals surface area (Å²) in [6.45, 7) is 0. The number of alkyl halides is 3. The standard InChI is InChI=1S/C21H14F4N4O2S/c1-32(30,31)16-8-4-14(5-9-16)18-17(13-2-6-15(22)7-3-13)19(29-11-10-26-12-29)28-20(27-18)21(23,24)25/h2-12H,1H3. The van der Waals surface area contributed by atoms with Gasteiger partial charge in [-0.3, -0.25) is 4.57 Å². The first-order valence-electron chi connectivity index (χ1n) is 9.08. The van der Waals surface area contributed by atoms with E-state index < -0.39 is 27.7 Å². The molecular formula is C21H14F4N4O2S. The number of aromatic nitrogens is 4. The van der Waals surface area contributed by atoms with Crippen molar-refractivity contribution in [3.63, 3.8) is 0 Å². The lowest BCUT2D eigenvalue weighted by atomic mass is 9.99. The Morgan fingerprint density at radius 3 is 2.06 bits per heavy atom. The molecule has 11 heteroatoms. The number of benzene rings is 2. The lowest BCUT2D eigenvalue weighted by molar-refractivity contribution is -0.144. The van der Waals surface area contributed by atoms with Crippen LogP contribution in [0.2, 0.25) is 0 Å². The predicted molar refractivity (Wildman–Crippen MR) is 108 cm³/mol. The number of hydrogen-bond acceptors (Lipinski definition) is 5. The van der Waals surface area contributed by atoms with Crippen LogP contribution in [0.1, 0.15) is 5.82 Å². The van der Waals surface area contributed by atoms with Crippen molar-refractivity contribution in [2.45, 2.75) is 11.1 Å². The van der Waals surface area contributed by atoms with Crippen molar-refractivity contribution in [1.29, 1.82) is 0 Å². The summed E-state index contributed by atoms with van der Waals surface area (Å²) in [6, 6.07) is 10.4. The Labute approximate surface area is 180 Å². The van der Waals surface area contributed by atoms with Gasteiger partial charge < -0.3 is 0 Å². The molecule has 32 heavy (non-hydrogen) atoms. The molecular weight excluding hydrogens is 448 g/mol. The molecule has 0 N–H and O–H groups in total. The van der Waals surface area contributed by atoms with E-state index in [4.69, 9.17) is 0 Å². The maximum Gasteiger partial charge on any atom is 0.451 e. The molecule has 0 aliphatic carbocycles. The summed E-state index contributed by atoms with van der Waals surface area (Å²) in [5.41, 5.74) is 0.697. The highest BCUT2D eigenvalue weighted by molar-refractivity contribution is 7.90. The summed E-state index contributed by atoms with van der Waals surface area (Å²) < 4.78 is 79.3. The fourth-order valence-electron chi connectivity index (χ4n) is 3.10. The first-order chi connectivity index (χ1) is 15.0. The molecule has 0 saturated carbocycles. The van der Waals surface area contributed by atoms with Gasteiger partial charge >= 0.3 is 6.18 Å². The van der Waals surface area contributed by atoms with Crippen molar-refractivity contribution in [2.75, 3.05) is 6.26 Å². The lowest BCUT2D eigenvalue weighted by Crippen LogP contribution is -2.15. The van der Waals surface area contributed by atoms with Gasteiger partial charge in [0.15, 0.2) is 15.7 Å². The minimum Gasteiger partial charge on any atom is -0.290 e. The summed E-state index contributed by atoms with van der Waals surface area (Å²) >= 11 is 0. The molecule has 2 aromatic heterocycles. The average molecular weight is 462 g/mol. The van der Waals surface area contributed by atoms with Crippen LogP contribution >= 0.6 is 0 Å². The molecule has 0 saturated heterocycles. The molecule has 164 valence electrons. The Bertz CT molecular complexity index is 1370. The second-order valence-electron chi connectivity index (χ2n) is 6.87. The highest BCUT2D eigenvalue weighted by Crippen LogP contribution is 2.38. The summed E-state index contributed by atoms with van der Waals surface area (Å²) in [7, 11) is -3.51. The van der Waals surface area contributed by atoms with E-state index in [-0.39, 0.29) is 27.5 Å². The Morgan fingerprint density at radius 2 is 1.53 bits per heavy atom. The summed E-state index contributed by atoms with van der Waals surface area (Å²) in [4.78, 5) is 11.4. The maximum absolute atomic E-state index is 13.6. The number of hydrogen-bond donors (Lipinski definition) is 0. The van der Waals surface area contributed by atoms with Gasteiger partial charge in [0.2, 0.25) is 5.82 Å². The van der Waals surface area contributed by atoms with Crippen molar-refractivity contribution < 1.29 is 26.0 Å². The highest BCUT2D eigenvalue weighted by Gasteiger charge is 2.37. The van der Waals surface area contributed by atoms with Crippen LogP contribution in [0.4, 0.5) is 17.6 Å². The van der Waals surface area contributed by atoms with Crippen LogP contribution in [0.25, 0.3) is 28.2 Å². The molecule has 0 spiro atoms. The van der Waals surface area contributed by atoms with E-state index in [1.807, 2.05) is 0 Å². The van der Waals surface area contributed by atoms with Gasteiger partial charge in [0, 0.05) is 24.2 Å². The molecule has 6 nitrogen and oxygen atoms in total. The summed E-state index contributed by atoms with van der Waals surface area (Å²) in [5, 5.41) is 0. The Kier molecular flexibility index (Phi) is 5.29. The fourth-order valence-corrected chi connectivity index (χ4v) is 3.73. The number of nitrogens with zero attached hydrogens (tertiary/aromatic N) is 4. The van der Waals surface area contributed by atoms with Gasteiger partial charge in [-0.1, -0.05) is 24.3 Å². The minimum absolute atomic E-state index is 0.00418. The normalized spacial score (nSPS) is 12.2. The first kappa shape index (κ1) is 21.6. The molecule has 0 amide bonds. The van der Waals surface area contributed by atoms with E-state index in [2.05, 4.69) is 15.0 Å². The van der Waals surface area contributed by atoms with Gasteiger partial charge in [-0.25, -0.2) is 27.8 Å². The predicted octanol–water partition coefficient (Wildman–Crippen LogP) is 4.56. The van der Waals surface area contributed by atoms with Crippen molar-refractivity contribution in [2.24, 2.45) is 0 Å². The van der Waals surface area contributed by atoms with Crippen molar-refractivity contribution in [3.05, 3.63) is 78.9 Å². The van der Waals surface area contributed by atoms with Crippen LogP contribution in [0.5, 0.6) is 0 Å². The summed E-state index contributed by atoms with van der Waals surface area (Å²) in [5.74, 6) is -2.02. The van der Waals surface area contributed by atoms with Crippen LogP contribution in [0, 0.1) is 5.82 Å². The molecule has 2 heterocycles. The molecule has 0 aliphatic heterocycles. The second kappa shape index (κ2) is 7.83. The van der Waals surface area contributed by atoms with Gasteiger partial charge in [-0.15, -0.1) is 0 Å². The van der Waals surface area contributed by atoms with Crippen LogP contribution in [0.3, 0.4) is 0 Å². The molecule has 0 fully saturated rings. The highest BCUT2D eigenvalue weighted by atomic mass is 32.2. The maximum atomic E-state index is 13.6. The zero-order valence-corrected chi connectivity index (χ0v) is 17.2. The van der Waals surface area contributed by atoms with Gasteiger partial charge in [0.1, 0.15) is 12.1 Å². The van der Waals surface area contributed by atoms with Crippen LogP contribution < -0.4 is 0 Å². The van der Waals surface area contributed by atoms with Gasteiger partial charge in [0.05, 0.1) is 16.2 Å². The Balaban J connectivity index is 2.06. The summed E-state index contributed by atoms with van der Waals surface area (Å²) in [6.07, 6.45) is 0.260. The van der Waals surface area contributed by atoms with E-state index in [1.54, 1.807) is 0 Å². The first-order valence-corrected chi connectivity index (χ1v) is 11.0. The molecule has 0 radical (unpaired) electrons. The van der Waals surface area contributed by atoms with Gasteiger partial charge in [-0.2, -0.15) is 13.2 Å². The topological polar surface area (TPSA) is 77.7 Å². The lowest BCUT2D eigenvalue weighted by Gasteiger charge is -2.17. The van der Waals surface area contributed by atoms with Crippen LogP contribution in [-0.2, 0) is 16.0 Å². The number of imidazole rings is 1. The van der Waals surface area contributed by atoms with E-state index in [0.29, 0.717) is 5.56 Å². The van der Waals surface area contributed by atoms with E-state index in [1.165, 1.54) is 71.8 Å². The van der Waals surface area contributed by atoms with Crippen LogP contribution in [-0.4, -0.2) is 34.2 Å². The Hall–Kier alpha value is -3.60. The molecule has 0 unspecified atom stereocenters. The fraction of sp³-hybridized carbons (Fsp3) is 0.0952. The van der Waals surface area contributed by atoms with Crippen molar-refractivity contribution in [1.82, 2.24) is 19.5 Å². The van der Waals surface area contributed by atoms with Crippen molar-refractivity contribution >= 4 is 9.84 Å². The third-order valence-electron chi connectivity index (χ3n) is 4.58. The van der Waals surface area contributed by atoms with E-state index >= 15 is 0 Å². The largest absolute Gasteiger partial charge is 0.451 e. The quantitative estimate of drug-likeness (QED) is 0.416. The molecule has 0 aliphatic rings. The number of rotatable bonds is 4. The molecule has 2 aromatic carbocycles. The van der Waals surface area contributed by atoms with Gasteiger partial charge in [0.25, 0.3) is 0 Å². The third kappa shape index (κ3) is 4.24. The van der Waals surface area contributed by atoms with Crippen LogP contribution in [0.15, 0.2) is 72.1 Å². The van der Waals surface area contributed by atoms with Crippen molar-refractivity contribution in [3.8, 4) is 28.2 Å². The zero-order valence-electron chi connectivity index (χ0n) is 16.4. The number of halogens is 4. The SMILES string of the molecule is CS(=O)(=O)c1ccc(-c2nc(C(F)(F)F)nc(-n3ccnc3)c2-c2ccc(F)cc2)cc1.